The summed E-state index contributed by atoms with van der Waals surface area (Å²) in [6.45, 7) is -0.438. The van der Waals surface area contributed by atoms with Gasteiger partial charge < -0.3 is 30.0 Å². The van der Waals surface area contributed by atoms with Gasteiger partial charge in [0.25, 0.3) is 5.79 Å². The molecule has 1 atom stereocenters. The molecule has 1 fully saturated rings. The summed E-state index contributed by atoms with van der Waals surface area (Å²) in [4.78, 5) is 12.1. The average molecular weight is 452 g/mol. The fourth-order valence-electron chi connectivity index (χ4n) is 3.69. The van der Waals surface area contributed by atoms with Gasteiger partial charge in [0.1, 0.15) is 18.5 Å². The number of amides is 2. The quantitative estimate of drug-likeness (QED) is 0.608. The molecule has 172 valence electrons. The van der Waals surface area contributed by atoms with Crippen LogP contribution in [0.4, 0.5) is 23.7 Å². The second-order valence-electron chi connectivity index (χ2n) is 7.81. The minimum absolute atomic E-state index is 0.0243. The number of urea groups is 1. The minimum atomic E-state index is -4.48. The number of carbonyl (C=O) groups excluding carboxylic acids is 1. The first-order valence-electron chi connectivity index (χ1n) is 10.3. The van der Waals surface area contributed by atoms with Gasteiger partial charge in [-0.05, 0) is 43.2 Å². The molecule has 2 aromatic rings. The Hall–Kier alpha value is -3.14. The summed E-state index contributed by atoms with van der Waals surface area (Å²) in [5, 5.41) is 15.1. The number of aliphatic hydroxyl groups excluding tert-OH is 1. The van der Waals surface area contributed by atoms with E-state index in [4.69, 9.17) is 14.2 Å². The maximum absolute atomic E-state index is 12.7. The predicted molar refractivity (Wildman–Crippen MR) is 109 cm³/mol. The molecular formula is C22H23F3N2O5. The Bertz CT molecular complexity index is 976. The molecule has 1 spiro atoms. The van der Waals surface area contributed by atoms with Crippen LogP contribution in [0.2, 0.25) is 0 Å². The molecule has 1 unspecified atom stereocenters. The third-order valence-corrected chi connectivity index (χ3v) is 5.26. The number of alkyl halides is 3. The lowest BCUT2D eigenvalue weighted by Gasteiger charge is -2.21. The van der Waals surface area contributed by atoms with Crippen LogP contribution in [0.15, 0.2) is 42.5 Å². The molecule has 0 saturated heterocycles. The van der Waals surface area contributed by atoms with Crippen LogP contribution in [-0.2, 0) is 6.18 Å². The van der Waals surface area contributed by atoms with Crippen LogP contribution in [0.25, 0.3) is 0 Å². The highest BCUT2D eigenvalue weighted by Crippen LogP contribution is 2.47. The third kappa shape index (κ3) is 5.18. The van der Waals surface area contributed by atoms with Crippen molar-refractivity contribution in [3.05, 3.63) is 48.0 Å². The molecule has 0 aromatic heterocycles. The molecule has 2 aliphatic rings. The van der Waals surface area contributed by atoms with Gasteiger partial charge >= 0.3 is 12.2 Å². The Labute approximate surface area is 182 Å². The van der Waals surface area contributed by atoms with Crippen molar-refractivity contribution >= 4 is 11.7 Å². The molecular weight excluding hydrogens is 429 g/mol. The molecule has 4 rings (SSSR count). The van der Waals surface area contributed by atoms with Crippen LogP contribution in [0.5, 0.6) is 17.2 Å². The number of hydrogen-bond donors (Lipinski definition) is 3. The summed E-state index contributed by atoms with van der Waals surface area (Å²) in [5.41, 5.74) is -0.348. The zero-order valence-electron chi connectivity index (χ0n) is 17.1. The summed E-state index contributed by atoms with van der Waals surface area (Å²) in [6.07, 6.45) is -1.86. The highest BCUT2D eigenvalue weighted by atomic mass is 19.4. The fraction of sp³-hybridized carbons (Fsp3) is 0.409. The van der Waals surface area contributed by atoms with Crippen molar-refractivity contribution in [2.45, 2.75) is 43.8 Å². The van der Waals surface area contributed by atoms with Crippen molar-refractivity contribution in [2.24, 2.45) is 0 Å². The van der Waals surface area contributed by atoms with E-state index in [1.807, 2.05) is 0 Å². The maximum Gasteiger partial charge on any atom is 0.416 e. The molecule has 10 heteroatoms. The van der Waals surface area contributed by atoms with Gasteiger partial charge in [-0.2, -0.15) is 13.2 Å². The number of anilines is 1. The van der Waals surface area contributed by atoms with Gasteiger partial charge in [-0.25, -0.2) is 4.79 Å². The van der Waals surface area contributed by atoms with Gasteiger partial charge in [0.05, 0.1) is 5.56 Å². The Morgan fingerprint density at radius 2 is 1.88 bits per heavy atom. The monoisotopic (exact) mass is 452 g/mol. The molecule has 2 aromatic carbocycles. The first-order valence-corrected chi connectivity index (χ1v) is 10.3. The van der Waals surface area contributed by atoms with E-state index in [1.165, 1.54) is 12.1 Å². The number of ether oxygens (including phenoxy) is 3. The molecule has 32 heavy (non-hydrogen) atoms. The van der Waals surface area contributed by atoms with Crippen molar-refractivity contribution in [3.8, 4) is 17.2 Å². The lowest BCUT2D eigenvalue weighted by atomic mass is 10.2. The van der Waals surface area contributed by atoms with Gasteiger partial charge in [-0.15, -0.1) is 0 Å². The van der Waals surface area contributed by atoms with Crippen LogP contribution >= 0.6 is 0 Å². The number of fused-ring (bicyclic) bond motifs is 1. The minimum Gasteiger partial charge on any atom is -0.491 e. The zero-order valence-corrected chi connectivity index (χ0v) is 17.1. The van der Waals surface area contributed by atoms with Gasteiger partial charge in [0.2, 0.25) is 0 Å². The number of halogens is 3. The van der Waals surface area contributed by atoms with Gasteiger partial charge in [-0.1, -0.05) is 6.07 Å². The van der Waals surface area contributed by atoms with Crippen molar-refractivity contribution in [2.75, 3.05) is 18.5 Å². The van der Waals surface area contributed by atoms with Crippen molar-refractivity contribution in [3.63, 3.8) is 0 Å². The van der Waals surface area contributed by atoms with E-state index in [0.29, 0.717) is 17.2 Å². The number of aliphatic hydroxyl groups is 1. The number of nitrogens with one attached hydrogen (secondary N) is 2. The number of carbonyl (C=O) groups is 1. The van der Waals surface area contributed by atoms with Crippen LogP contribution in [0, 0.1) is 0 Å². The average Bonchev–Trinajstić information content (AvgIpc) is 3.35. The number of benzene rings is 2. The smallest absolute Gasteiger partial charge is 0.416 e. The topological polar surface area (TPSA) is 89.1 Å². The zero-order chi connectivity index (χ0) is 22.8. The lowest BCUT2D eigenvalue weighted by molar-refractivity contribution is -0.137. The standard InChI is InChI=1S/C22H23F3N2O5/c23-22(24,25)14-4-3-5-17(10-14)30-13-16(28)12-26-20(29)27-15-6-7-18-19(11-15)32-21(31-18)8-1-2-9-21/h3-7,10-11,16,28H,1-2,8-9,12-13H2,(H2,26,27,29). The third-order valence-electron chi connectivity index (χ3n) is 5.26. The van der Waals surface area contributed by atoms with Crippen molar-refractivity contribution in [1.29, 1.82) is 0 Å². The summed E-state index contributed by atoms with van der Waals surface area (Å²) in [5.74, 6) is 0.593. The fourth-order valence-corrected chi connectivity index (χ4v) is 3.69. The van der Waals surface area contributed by atoms with E-state index < -0.39 is 29.7 Å². The van der Waals surface area contributed by atoms with E-state index in [9.17, 15) is 23.1 Å². The van der Waals surface area contributed by atoms with Gasteiger partial charge in [-0.3, -0.25) is 0 Å². The Morgan fingerprint density at radius 1 is 1.12 bits per heavy atom. The second kappa shape index (κ2) is 8.78. The van der Waals surface area contributed by atoms with Crippen molar-refractivity contribution in [1.82, 2.24) is 5.32 Å². The van der Waals surface area contributed by atoms with E-state index in [0.717, 1.165) is 37.8 Å². The lowest BCUT2D eigenvalue weighted by Crippen LogP contribution is -2.37. The molecule has 3 N–H and O–H groups in total. The summed E-state index contributed by atoms with van der Waals surface area (Å²) >= 11 is 0. The number of rotatable bonds is 6. The largest absolute Gasteiger partial charge is 0.491 e. The van der Waals surface area contributed by atoms with Gasteiger partial charge in [0, 0.05) is 31.1 Å². The Kier molecular flexibility index (Phi) is 6.05. The maximum atomic E-state index is 12.7. The van der Waals surface area contributed by atoms with Crippen LogP contribution in [-0.4, -0.2) is 36.2 Å². The Morgan fingerprint density at radius 3 is 2.62 bits per heavy atom. The highest BCUT2D eigenvalue weighted by molar-refractivity contribution is 5.89. The normalized spacial score (nSPS) is 17.2. The van der Waals surface area contributed by atoms with Crippen LogP contribution in [0.3, 0.4) is 0 Å². The summed E-state index contributed by atoms with van der Waals surface area (Å²) < 4.78 is 55.3. The summed E-state index contributed by atoms with van der Waals surface area (Å²) in [7, 11) is 0. The number of hydrogen-bond acceptors (Lipinski definition) is 5. The molecule has 7 nitrogen and oxygen atoms in total. The molecule has 2 amide bonds. The van der Waals surface area contributed by atoms with E-state index >= 15 is 0 Å². The molecule has 1 heterocycles. The first-order chi connectivity index (χ1) is 15.2. The Balaban J connectivity index is 1.23. The molecule has 1 aliphatic carbocycles. The van der Waals surface area contributed by atoms with E-state index in [2.05, 4.69) is 10.6 Å². The van der Waals surface area contributed by atoms with E-state index in [1.54, 1.807) is 18.2 Å². The highest BCUT2D eigenvalue weighted by Gasteiger charge is 2.44. The molecule has 0 radical (unpaired) electrons. The van der Waals surface area contributed by atoms with Crippen LogP contribution < -0.4 is 24.8 Å². The summed E-state index contributed by atoms with van der Waals surface area (Å²) in [6, 6.07) is 8.89. The van der Waals surface area contributed by atoms with Gasteiger partial charge in [0.15, 0.2) is 11.5 Å². The van der Waals surface area contributed by atoms with E-state index in [-0.39, 0.29) is 18.9 Å². The van der Waals surface area contributed by atoms with Crippen LogP contribution in [0.1, 0.15) is 31.2 Å². The molecule has 1 saturated carbocycles. The molecule has 0 bridgehead atoms. The second-order valence-corrected chi connectivity index (χ2v) is 7.81. The van der Waals surface area contributed by atoms with Crippen molar-refractivity contribution < 1.29 is 37.3 Å². The SMILES string of the molecule is O=C(NCC(O)COc1cccc(C(F)(F)F)c1)Nc1ccc2c(c1)OC1(CCCC1)O2. The molecule has 1 aliphatic heterocycles. The predicted octanol–water partition coefficient (Wildman–Crippen LogP) is 4.31. The first kappa shape index (κ1) is 22.1.